The summed E-state index contributed by atoms with van der Waals surface area (Å²) in [6.07, 6.45) is 3.48. The van der Waals surface area contributed by atoms with Crippen molar-refractivity contribution in [2.24, 2.45) is 0 Å². The highest BCUT2D eigenvalue weighted by atomic mass is 19.1. The van der Waals surface area contributed by atoms with Gasteiger partial charge in [-0.15, -0.1) is 0 Å². The van der Waals surface area contributed by atoms with E-state index in [4.69, 9.17) is 0 Å². The molecule has 0 saturated carbocycles. The number of hydrogen-bond acceptors (Lipinski definition) is 4. The minimum atomic E-state index is -0.241. The second kappa shape index (κ2) is 5.32. The average molecular weight is 258 g/mol. The molecule has 1 fully saturated rings. The number of benzene rings is 1. The molecule has 1 aromatic heterocycles. The van der Waals surface area contributed by atoms with Crippen LogP contribution in [0.3, 0.4) is 0 Å². The Morgan fingerprint density at radius 1 is 1.05 bits per heavy atom. The lowest BCUT2D eigenvalue weighted by Gasteiger charge is -2.28. The molecule has 1 aromatic carbocycles. The van der Waals surface area contributed by atoms with E-state index in [1.807, 2.05) is 0 Å². The summed E-state index contributed by atoms with van der Waals surface area (Å²) in [7, 11) is 0. The van der Waals surface area contributed by atoms with Crippen LogP contribution in [0.15, 0.2) is 36.7 Å². The van der Waals surface area contributed by atoms with Crippen molar-refractivity contribution in [3.05, 3.63) is 42.5 Å². The molecule has 1 aliphatic rings. The van der Waals surface area contributed by atoms with Gasteiger partial charge in [-0.25, -0.2) is 9.37 Å². The molecule has 19 heavy (non-hydrogen) atoms. The number of nitrogens with one attached hydrogen (secondary N) is 1. The van der Waals surface area contributed by atoms with Crippen LogP contribution in [0.4, 0.5) is 10.2 Å². The third-order valence-electron chi connectivity index (χ3n) is 3.20. The van der Waals surface area contributed by atoms with Crippen LogP contribution in [0.1, 0.15) is 0 Å². The van der Waals surface area contributed by atoms with Gasteiger partial charge >= 0.3 is 0 Å². The van der Waals surface area contributed by atoms with Crippen LogP contribution >= 0.6 is 0 Å². The third-order valence-corrected chi connectivity index (χ3v) is 3.20. The molecule has 0 radical (unpaired) electrons. The number of hydrogen-bond donors (Lipinski definition) is 1. The molecule has 2 aromatic rings. The van der Waals surface area contributed by atoms with E-state index in [-0.39, 0.29) is 5.82 Å². The molecule has 0 amide bonds. The van der Waals surface area contributed by atoms with Crippen LogP contribution in [-0.2, 0) is 0 Å². The molecule has 2 heterocycles. The van der Waals surface area contributed by atoms with E-state index < -0.39 is 0 Å². The zero-order valence-electron chi connectivity index (χ0n) is 10.5. The van der Waals surface area contributed by atoms with E-state index in [0.717, 1.165) is 43.3 Å². The van der Waals surface area contributed by atoms with Crippen molar-refractivity contribution < 1.29 is 4.39 Å². The number of rotatable bonds is 2. The van der Waals surface area contributed by atoms with E-state index in [1.165, 1.54) is 12.1 Å². The van der Waals surface area contributed by atoms with Crippen molar-refractivity contribution in [3.8, 4) is 11.3 Å². The summed E-state index contributed by atoms with van der Waals surface area (Å²) in [5, 5.41) is 3.31. The van der Waals surface area contributed by atoms with Crippen molar-refractivity contribution >= 4 is 5.82 Å². The second-order valence-corrected chi connectivity index (χ2v) is 4.51. The SMILES string of the molecule is Fc1ccc(-c2cncc(N3CCNCC3)n2)cc1. The molecule has 4 nitrogen and oxygen atoms in total. The van der Waals surface area contributed by atoms with Gasteiger partial charge in [-0.05, 0) is 24.3 Å². The van der Waals surface area contributed by atoms with Crippen LogP contribution in [0.25, 0.3) is 11.3 Å². The van der Waals surface area contributed by atoms with Crippen LogP contribution in [0.5, 0.6) is 0 Å². The van der Waals surface area contributed by atoms with E-state index >= 15 is 0 Å². The van der Waals surface area contributed by atoms with Crippen LogP contribution in [0.2, 0.25) is 0 Å². The standard InChI is InChI=1S/C14H15FN4/c15-12-3-1-11(2-4-12)13-9-17-10-14(18-13)19-7-5-16-6-8-19/h1-4,9-10,16H,5-8H2. The third kappa shape index (κ3) is 2.71. The first kappa shape index (κ1) is 12.0. The first-order valence-corrected chi connectivity index (χ1v) is 6.36. The normalized spacial score (nSPS) is 15.5. The minimum absolute atomic E-state index is 0.241. The Labute approximate surface area is 111 Å². The Kier molecular flexibility index (Phi) is 3.37. The molecule has 1 N–H and O–H groups in total. The molecular formula is C14H15FN4. The molecule has 98 valence electrons. The Hall–Kier alpha value is -2.01. The van der Waals surface area contributed by atoms with E-state index in [2.05, 4.69) is 20.2 Å². The highest BCUT2D eigenvalue weighted by Gasteiger charge is 2.12. The van der Waals surface area contributed by atoms with Gasteiger partial charge in [-0.2, -0.15) is 0 Å². The van der Waals surface area contributed by atoms with Gasteiger partial charge < -0.3 is 10.2 Å². The zero-order chi connectivity index (χ0) is 13.1. The lowest BCUT2D eigenvalue weighted by atomic mass is 10.1. The highest BCUT2D eigenvalue weighted by Crippen LogP contribution is 2.19. The zero-order valence-corrected chi connectivity index (χ0v) is 10.5. The largest absolute Gasteiger partial charge is 0.353 e. The van der Waals surface area contributed by atoms with E-state index in [9.17, 15) is 4.39 Å². The Morgan fingerprint density at radius 2 is 1.79 bits per heavy atom. The number of anilines is 1. The highest BCUT2D eigenvalue weighted by molar-refractivity contribution is 5.60. The smallest absolute Gasteiger partial charge is 0.147 e. The number of aromatic nitrogens is 2. The molecule has 1 saturated heterocycles. The first-order valence-electron chi connectivity index (χ1n) is 6.36. The molecule has 1 aliphatic heterocycles. The van der Waals surface area contributed by atoms with Crippen LogP contribution < -0.4 is 10.2 Å². The van der Waals surface area contributed by atoms with Gasteiger partial charge in [0.05, 0.1) is 18.1 Å². The van der Waals surface area contributed by atoms with Crippen molar-refractivity contribution in [1.82, 2.24) is 15.3 Å². The van der Waals surface area contributed by atoms with Crippen molar-refractivity contribution in [3.63, 3.8) is 0 Å². The second-order valence-electron chi connectivity index (χ2n) is 4.51. The van der Waals surface area contributed by atoms with Crippen molar-refractivity contribution in [2.45, 2.75) is 0 Å². The van der Waals surface area contributed by atoms with Crippen molar-refractivity contribution in [2.75, 3.05) is 31.1 Å². The Morgan fingerprint density at radius 3 is 2.53 bits per heavy atom. The summed E-state index contributed by atoms with van der Waals surface area (Å²) < 4.78 is 12.9. The van der Waals surface area contributed by atoms with E-state index in [1.54, 1.807) is 24.5 Å². The monoisotopic (exact) mass is 258 g/mol. The van der Waals surface area contributed by atoms with Gasteiger partial charge in [0.15, 0.2) is 0 Å². The Bertz CT molecular complexity index is 550. The molecule has 3 rings (SSSR count). The molecule has 0 bridgehead atoms. The van der Waals surface area contributed by atoms with Gasteiger partial charge in [-0.3, -0.25) is 4.98 Å². The molecule has 5 heteroatoms. The molecular weight excluding hydrogens is 243 g/mol. The van der Waals surface area contributed by atoms with Gasteiger partial charge in [0, 0.05) is 31.7 Å². The van der Waals surface area contributed by atoms with Gasteiger partial charge in [0.2, 0.25) is 0 Å². The fourth-order valence-electron chi connectivity index (χ4n) is 2.16. The minimum Gasteiger partial charge on any atom is -0.353 e. The van der Waals surface area contributed by atoms with Crippen molar-refractivity contribution in [1.29, 1.82) is 0 Å². The lowest BCUT2D eigenvalue weighted by Crippen LogP contribution is -2.43. The average Bonchev–Trinajstić information content (AvgIpc) is 2.49. The maximum absolute atomic E-state index is 12.9. The summed E-state index contributed by atoms with van der Waals surface area (Å²) in [5.74, 6) is 0.637. The van der Waals surface area contributed by atoms with Gasteiger partial charge in [0.25, 0.3) is 0 Å². The summed E-state index contributed by atoms with van der Waals surface area (Å²) in [5.41, 5.74) is 1.65. The van der Waals surface area contributed by atoms with E-state index in [0.29, 0.717) is 0 Å². The quantitative estimate of drug-likeness (QED) is 0.890. The lowest BCUT2D eigenvalue weighted by molar-refractivity contribution is 0.584. The number of nitrogens with zero attached hydrogens (tertiary/aromatic N) is 3. The fourth-order valence-corrected chi connectivity index (χ4v) is 2.16. The molecule has 0 unspecified atom stereocenters. The predicted molar refractivity (Wildman–Crippen MR) is 72.5 cm³/mol. The summed E-state index contributed by atoms with van der Waals surface area (Å²) in [4.78, 5) is 11.1. The molecule has 0 atom stereocenters. The van der Waals surface area contributed by atoms with Gasteiger partial charge in [0.1, 0.15) is 11.6 Å². The topological polar surface area (TPSA) is 41.1 Å². The van der Waals surface area contributed by atoms with Gasteiger partial charge in [-0.1, -0.05) is 0 Å². The summed E-state index contributed by atoms with van der Waals surface area (Å²) in [6, 6.07) is 6.32. The molecule has 0 aliphatic carbocycles. The maximum atomic E-state index is 12.9. The van der Waals surface area contributed by atoms with Crippen LogP contribution in [-0.4, -0.2) is 36.1 Å². The fraction of sp³-hybridized carbons (Fsp3) is 0.286. The molecule has 0 spiro atoms. The first-order chi connectivity index (χ1) is 9.33. The number of piperazine rings is 1. The summed E-state index contributed by atoms with van der Waals surface area (Å²) in [6.45, 7) is 3.79. The summed E-state index contributed by atoms with van der Waals surface area (Å²) >= 11 is 0. The number of halogens is 1. The van der Waals surface area contributed by atoms with Crippen LogP contribution in [0, 0.1) is 5.82 Å². The maximum Gasteiger partial charge on any atom is 0.147 e. The Balaban J connectivity index is 1.88. The predicted octanol–water partition coefficient (Wildman–Crippen LogP) is 1.69.